The van der Waals surface area contributed by atoms with E-state index >= 15 is 0 Å². The number of carboxylic acids is 1. The van der Waals surface area contributed by atoms with Gasteiger partial charge in [0.2, 0.25) is 11.8 Å². The average Bonchev–Trinajstić information content (AvgIpc) is 3.08. The first-order valence-electron chi connectivity index (χ1n) is 8.53. The van der Waals surface area contributed by atoms with Crippen molar-refractivity contribution in [2.24, 2.45) is 0 Å². The van der Waals surface area contributed by atoms with Crippen LogP contribution in [0, 0.1) is 0 Å². The van der Waals surface area contributed by atoms with Crippen LogP contribution in [0.4, 0.5) is 0 Å². The molecule has 2 atom stereocenters. The Morgan fingerprint density at radius 2 is 2.04 bits per heavy atom. The number of rotatable bonds is 13. The smallest absolute Gasteiger partial charge is 0.303 e. The van der Waals surface area contributed by atoms with Crippen LogP contribution in [0.15, 0.2) is 0 Å². The molecule has 0 aliphatic carbocycles. The molecule has 0 aromatic heterocycles. The summed E-state index contributed by atoms with van der Waals surface area (Å²) >= 11 is 0. The number of hydrogen-bond donors (Lipinski definition) is 3. The zero-order valence-corrected chi connectivity index (χ0v) is 15.8. The van der Waals surface area contributed by atoms with Gasteiger partial charge in [0.15, 0.2) is 0 Å². The van der Waals surface area contributed by atoms with Crippen LogP contribution in [0.5, 0.6) is 0 Å². The molecule has 1 fully saturated rings. The Labute approximate surface area is 155 Å². The van der Waals surface area contributed by atoms with Gasteiger partial charge in [-0.05, 0) is 25.7 Å². The summed E-state index contributed by atoms with van der Waals surface area (Å²) in [5, 5.41) is 14.6. The molecule has 0 spiro atoms. The van der Waals surface area contributed by atoms with Crippen molar-refractivity contribution < 1.29 is 24.3 Å². The predicted octanol–water partition coefficient (Wildman–Crippen LogP) is 1.76. The molecule has 1 saturated heterocycles. The maximum atomic E-state index is 12.0. The van der Waals surface area contributed by atoms with Crippen molar-refractivity contribution in [3.8, 4) is 0 Å². The Bertz CT molecular complexity index is 456. The fourth-order valence-corrected chi connectivity index (χ4v) is 5.43. The van der Waals surface area contributed by atoms with Crippen molar-refractivity contribution in [2.75, 3.05) is 12.3 Å². The van der Waals surface area contributed by atoms with Gasteiger partial charge in [-0.3, -0.25) is 14.4 Å². The molecule has 0 saturated carbocycles. The van der Waals surface area contributed by atoms with Gasteiger partial charge in [-0.2, -0.15) is 0 Å². The third-order valence-electron chi connectivity index (χ3n) is 3.77. The van der Waals surface area contributed by atoms with Crippen LogP contribution in [0.2, 0.25) is 0 Å². The second-order valence-electron chi connectivity index (χ2n) is 5.87. The lowest BCUT2D eigenvalue weighted by atomic mass is 10.1. The highest BCUT2D eigenvalue weighted by atomic mass is 33.1. The molecule has 0 radical (unpaired) electrons. The van der Waals surface area contributed by atoms with E-state index < -0.39 is 17.9 Å². The van der Waals surface area contributed by atoms with Gasteiger partial charge in [-0.15, -0.1) is 0 Å². The van der Waals surface area contributed by atoms with Crippen molar-refractivity contribution in [3.63, 3.8) is 0 Å². The van der Waals surface area contributed by atoms with E-state index in [1.165, 1.54) is 12.2 Å². The first-order chi connectivity index (χ1) is 12.0. The number of carbonyl (C=O) groups excluding carboxylic acids is 3. The zero-order valence-electron chi connectivity index (χ0n) is 14.2. The van der Waals surface area contributed by atoms with E-state index in [0.717, 1.165) is 19.3 Å². The Balaban J connectivity index is 2.31. The van der Waals surface area contributed by atoms with Crippen LogP contribution < -0.4 is 10.6 Å². The fourth-order valence-electron chi connectivity index (χ4n) is 2.40. The molecule has 2 amide bonds. The van der Waals surface area contributed by atoms with Crippen molar-refractivity contribution in [3.05, 3.63) is 0 Å². The summed E-state index contributed by atoms with van der Waals surface area (Å²) in [4.78, 5) is 45.1. The average molecular weight is 391 g/mol. The molecule has 1 rings (SSSR count). The van der Waals surface area contributed by atoms with Gasteiger partial charge in [0.1, 0.15) is 12.3 Å². The minimum absolute atomic E-state index is 0.0317. The van der Waals surface area contributed by atoms with E-state index in [9.17, 15) is 19.2 Å². The Morgan fingerprint density at radius 1 is 1.24 bits per heavy atom. The van der Waals surface area contributed by atoms with Crippen LogP contribution in [0.1, 0.15) is 51.4 Å². The number of carbonyl (C=O) groups is 4. The lowest BCUT2D eigenvalue weighted by Gasteiger charge is -2.17. The maximum Gasteiger partial charge on any atom is 0.303 e. The second-order valence-corrected chi connectivity index (χ2v) is 8.66. The second kappa shape index (κ2) is 13.0. The molecule has 142 valence electrons. The number of unbranched alkanes of at least 4 members (excludes halogenated alkanes) is 1. The summed E-state index contributed by atoms with van der Waals surface area (Å²) in [5.74, 6) is -0.516. The molecule has 1 aliphatic rings. The molecule has 7 nitrogen and oxygen atoms in total. The minimum atomic E-state index is -1.02. The molecule has 9 heteroatoms. The van der Waals surface area contributed by atoms with Gasteiger partial charge in [0.25, 0.3) is 0 Å². The molecule has 25 heavy (non-hydrogen) atoms. The van der Waals surface area contributed by atoms with Crippen LogP contribution in [0.25, 0.3) is 0 Å². The van der Waals surface area contributed by atoms with Gasteiger partial charge in [0.05, 0.1) is 0 Å². The summed E-state index contributed by atoms with van der Waals surface area (Å²) in [6.07, 6.45) is 5.07. The van der Waals surface area contributed by atoms with Crippen LogP contribution in [0.3, 0.4) is 0 Å². The monoisotopic (exact) mass is 390 g/mol. The molecular weight excluding hydrogens is 364 g/mol. The molecule has 1 heterocycles. The van der Waals surface area contributed by atoms with Gasteiger partial charge in [-0.25, -0.2) is 0 Å². The Morgan fingerprint density at radius 3 is 2.68 bits per heavy atom. The van der Waals surface area contributed by atoms with E-state index in [1.807, 2.05) is 21.6 Å². The maximum absolute atomic E-state index is 12.0. The predicted molar refractivity (Wildman–Crippen MR) is 99.4 cm³/mol. The van der Waals surface area contributed by atoms with Gasteiger partial charge in [0, 0.05) is 36.8 Å². The third-order valence-corrected chi connectivity index (χ3v) is 6.77. The highest BCUT2D eigenvalue weighted by Crippen LogP contribution is 2.39. The highest BCUT2D eigenvalue weighted by Gasteiger charge is 2.21. The highest BCUT2D eigenvalue weighted by molar-refractivity contribution is 8.77. The van der Waals surface area contributed by atoms with E-state index in [1.54, 1.807) is 0 Å². The first kappa shape index (κ1) is 21.8. The number of hydrogen-bond acceptors (Lipinski definition) is 6. The van der Waals surface area contributed by atoms with Gasteiger partial charge in [-0.1, -0.05) is 28.0 Å². The van der Waals surface area contributed by atoms with E-state index in [4.69, 9.17) is 5.11 Å². The van der Waals surface area contributed by atoms with Crippen LogP contribution in [-0.2, 0) is 19.2 Å². The largest absolute Gasteiger partial charge is 0.481 e. The topological polar surface area (TPSA) is 113 Å². The summed E-state index contributed by atoms with van der Waals surface area (Å²) in [5.41, 5.74) is 0. The molecular formula is C16H26N2O5S2. The minimum Gasteiger partial charge on any atom is -0.481 e. The van der Waals surface area contributed by atoms with Crippen molar-refractivity contribution in [2.45, 2.75) is 62.7 Å². The van der Waals surface area contributed by atoms with E-state index in [2.05, 4.69) is 10.6 Å². The van der Waals surface area contributed by atoms with Crippen molar-refractivity contribution >= 4 is 45.7 Å². The molecule has 2 unspecified atom stereocenters. The SMILES string of the molecule is O=CCCNC(=O)C(CCC(=O)O)NC(=O)CCCCC1CCSS1. The fraction of sp³-hybridized carbons (Fsp3) is 0.750. The van der Waals surface area contributed by atoms with Crippen molar-refractivity contribution in [1.29, 1.82) is 0 Å². The quantitative estimate of drug-likeness (QED) is 0.249. The number of aliphatic carboxylic acids is 1. The van der Waals surface area contributed by atoms with Gasteiger partial charge >= 0.3 is 5.97 Å². The Kier molecular flexibility index (Phi) is 11.4. The molecule has 0 aromatic carbocycles. The summed E-state index contributed by atoms with van der Waals surface area (Å²) in [6.45, 7) is 0.179. The van der Waals surface area contributed by atoms with Gasteiger partial charge < -0.3 is 20.5 Å². The summed E-state index contributed by atoms with van der Waals surface area (Å²) in [7, 11) is 3.81. The lowest BCUT2D eigenvalue weighted by Crippen LogP contribution is -2.47. The summed E-state index contributed by atoms with van der Waals surface area (Å²) < 4.78 is 0. The number of carboxylic acid groups (broad SMARTS) is 1. The standard InChI is InChI=1S/C16H26N2O5S2/c19-10-3-9-17-16(23)13(6-7-15(21)22)18-14(20)5-2-1-4-12-8-11-24-25-12/h10,12-13H,1-9,11H2,(H,17,23)(H,18,20)(H,21,22). The van der Waals surface area contributed by atoms with E-state index in [-0.39, 0.29) is 31.7 Å². The van der Waals surface area contributed by atoms with Crippen molar-refractivity contribution in [1.82, 2.24) is 10.6 Å². The van der Waals surface area contributed by atoms with E-state index in [0.29, 0.717) is 18.0 Å². The van der Waals surface area contributed by atoms with Crippen LogP contribution in [-0.4, -0.2) is 52.8 Å². The Hall–Kier alpha value is -1.22. The number of amides is 2. The zero-order chi connectivity index (χ0) is 18.5. The third kappa shape index (κ3) is 10.4. The molecule has 0 bridgehead atoms. The lowest BCUT2D eigenvalue weighted by molar-refractivity contribution is -0.138. The summed E-state index contributed by atoms with van der Waals surface area (Å²) in [6, 6.07) is -0.878. The molecule has 3 N–H and O–H groups in total. The normalized spacial score (nSPS) is 17.7. The molecule has 1 aliphatic heterocycles. The number of aldehydes is 1. The molecule has 0 aromatic rings. The first-order valence-corrected chi connectivity index (χ1v) is 10.9. The van der Waals surface area contributed by atoms with Crippen LogP contribution >= 0.6 is 21.6 Å². The number of nitrogens with one attached hydrogen (secondary N) is 2.